The molecule has 31 heavy (non-hydrogen) atoms. The number of methoxy groups -OCH3 is 2. The lowest BCUT2D eigenvalue weighted by atomic mass is 10.1. The fourth-order valence-electron chi connectivity index (χ4n) is 3.24. The molecular formula is C24H20N2O5. The van der Waals surface area contributed by atoms with Gasteiger partial charge in [0.15, 0.2) is 5.76 Å². The predicted octanol–water partition coefficient (Wildman–Crippen LogP) is 4.95. The van der Waals surface area contributed by atoms with Gasteiger partial charge in [-0.05, 0) is 53.2 Å². The van der Waals surface area contributed by atoms with Gasteiger partial charge in [-0.1, -0.05) is 24.3 Å². The Morgan fingerprint density at radius 3 is 2.19 bits per heavy atom. The van der Waals surface area contributed by atoms with E-state index < -0.39 is 5.91 Å². The van der Waals surface area contributed by atoms with Crippen molar-refractivity contribution in [3.8, 4) is 11.5 Å². The molecule has 1 aromatic heterocycles. The highest BCUT2D eigenvalue weighted by molar-refractivity contribution is 6.10. The standard InChI is InChI=1S/C24H20N2O5/c1-29-20-10-9-17(25-24(28)21-8-5-11-31-21)14-19(20)26-23(27)18-12-15-6-3-4-7-16(15)13-22(18)30-2/h3-14H,1-2H3,(H,25,28)(H,26,27). The highest BCUT2D eigenvalue weighted by Crippen LogP contribution is 2.31. The summed E-state index contributed by atoms with van der Waals surface area (Å²) in [6.45, 7) is 0. The Bertz CT molecular complexity index is 1250. The van der Waals surface area contributed by atoms with E-state index >= 15 is 0 Å². The van der Waals surface area contributed by atoms with Crippen molar-refractivity contribution in [3.63, 3.8) is 0 Å². The molecule has 3 aromatic carbocycles. The molecule has 2 N–H and O–H groups in total. The molecule has 0 bridgehead atoms. The van der Waals surface area contributed by atoms with Crippen molar-refractivity contribution in [1.82, 2.24) is 0 Å². The predicted molar refractivity (Wildman–Crippen MR) is 118 cm³/mol. The first-order valence-electron chi connectivity index (χ1n) is 9.50. The third-order valence-electron chi connectivity index (χ3n) is 4.76. The highest BCUT2D eigenvalue weighted by Gasteiger charge is 2.17. The number of carbonyl (C=O) groups excluding carboxylic acids is 2. The van der Waals surface area contributed by atoms with Crippen LogP contribution in [0.5, 0.6) is 11.5 Å². The first-order valence-corrected chi connectivity index (χ1v) is 9.50. The number of amides is 2. The van der Waals surface area contributed by atoms with E-state index in [1.807, 2.05) is 30.3 Å². The number of nitrogens with one attached hydrogen (secondary N) is 2. The van der Waals surface area contributed by atoms with Gasteiger partial charge in [0.05, 0.1) is 31.7 Å². The van der Waals surface area contributed by atoms with Crippen molar-refractivity contribution < 1.29 is 23.5 Å². The second-order valence-electron chi connectivity index (χ2n) is 6.70. The summed E-state index contributed by atoms with van der Waals surface area (Å²) in [6, 6.07) is 19.4. The zero-order valence-electron chi connectivity index (χ0n) is 17.0. The normalized spacial score (nSPS) is 10.5. The van der Waals surface area contributed by atoms with Crippen LogP contribution < -0.4 is 20.1 Å². The van der Waals surface area contributed by atoms with Gasteiger partial charge in [0.25, 0.3) is 11.8 Å². The molecule has 4 rings (SSSR count). The number of furan rings is 1. The van der Waals surface area contributed by atoms with Gasteiger partial charge in [-0.3, -0.25) is 9.59 Å². The van der Waals surface area contributed by atoms with Gasteiger partial charge in [-0.25, -0.2) is 0 Å². The lowest BCUT2D eigenvalue weighted by Gasteiger charge is -2.14. The number of ether oxygens (including phenoxy) is 2. The van der Waals surface area contributed by atoms with Crippen molar-refractivity contribution in [2.45, 2.75) is 0 Å². The van der Waals surface area contributed by atoms with Gasteiger partial charge in [-0.15, -0.1) is 0 Å². The van der Waals surface area contributed by atoms with E-state index in [9.17, 15) is 9.59 Å². The van der Waals surface area contributed by atoms with Crippen molar-refractivity contribution in [1.29, 1.82) is 0 Å². The van der Waals surface area contributed by atoms with E-state index in [-0.39, 0.29) is 11.7 Å². The molecule has 0 spiro atoms. The molecule has 156 valence electrons. The van der Waals surface area contributed by atoms with E-state index in [1.54, 1.807) is 36.4 Å². The lowest BCUT2D eigenvalue weighted by molar-refractivity contribution is 0.0994. The molecule has 0 fully saturated rings. The molecule has 0 radical (unpaired) electrons. The first kappa shape index (κ1) is 20.0. The van der Waals surface area contributed by atoms with Crippen molar-refractivity contribution in [2.24, 2.45) is 0 Å². The number of fused-ring (bicyclic) bond motifs is 1. The summed E-state index contributed by atoms with van der Waals surface area (Å²) in [4.78, 5) is 25.3. The van der Waals surface area contributed by atoms with Gasteiger partial charge >= 0.3 is 0 Å². The molecule has 7 heteroatoms. The summed E-state index contributed by atoms with van der Waals surface area (Å²) in [5.41, 5.74) is 1.26. The summed E-state index contributed by atoms with van der Waals surface area (Å²) in [7, 11) is 3.02. The van der Waals surface area contributed by atoms with Crippen LogP contribution in [-0.2, 0) is 0 Å². The molecule has 1 heterocycles. The van der Waals surface area contributed by atoms with Crippen LogP contribution in [0.25, 0.3) is 10.8 Å². The molecule has 0 saturated carbocycles. The fourth-order valence-corrected chi connectivity index (χ4v) is 3.24. The number of benzene rings is 3. The first-order chi connectivity index (χ1) is 15.1. The highest BCUT2D eigenvalue weighted by atomic mass is 16.5. The van der Waals surface area contributed by atoms with Crippen LogP contribution in [0.4, 0.5) is 11.4 Å². The minimum Gasteiger partial charge on any atom is -0.496 e. The van der Waals surface area contributed by atoms with E-state index in [0.29, 0.717) is 28.4 Å². The smallest absolute Gasteiger partial charge is 0.291 e. The maximum atomic E-state index is 13.1. The molecule has 0 atom stereocenters. The summed E-state index contributed by atoms with van der Waals surface area (Å²) in [5.74, 6) is 0.322. The average molecular weight is 416 g/mol. The third-order valence-corrected chi connectivity index (χ3v) is 4.76. The lowest BCUT2D eigenvalue weighted by Crippen LogP contribution is -2.15. The summed E-state index contributed by atoms with van der Waals surface area (Å²) in [5, 5.41) is 7.46. The third kappa shape index (κ3) is 4.20. The monoisotopic (exact) mass is 416 g/mol. The Morgan fingerprint density at radius 1 is 0.774 bits per heavy atom. The zero-order valence-corrected chi connectivity index (χ0v) is 17.0. The number of carbonyl (C=O) groups is 2. The van der Waals surface area contributed by atoms with E-state index in [0.717, 1.165) is 10.8 Å². The molecule has 2 amide bonds. The number of anilines is 2. The summed E-state index contributed by atoms with van der Waals surface area (Å²) < 4.78 is 15.9. The van der Waals surface area contributed by atoms with Crippen LogP contribution in [0, 0.1) is 0 Å². The largest absolute Gasteiger partial charge is 0.496 e. The molecule has 0 aliphatic rings. The maximum Gasteiger partial charge on any atom is 0.291 e. The summed E-state index contributed by atoms with van der Waals surface area (Å²) in [6.07, 6.45) is 1.42. The van der Waals surface area contributed by atoms with Gasteiger partial charge in [-0.2, -0.15) is 0 Å². The Balaban J connectivity index is 1.63. The molecule has 0 saturated heterocycles. The quantitative estimate of drug-likeness (QED) is 0.464. The number of rotatable bonds is 6. The van der Waals surface area contributed by atoms with Crippen LogP contribution in [0.2, 0.25) is 0 Å². The van der Waals surface area contributed by atoms with Crippen LogP contribution in [0.1, 0.15) is 20.9 Å². The second kappa shape index (κ2) is 8.62. The minimum absolute atomic E-state index is 0.183. The zero-order chi connectivity index (χ0) is 21.8. The van der Waals surface area contributed by atoms with Crippen molar-refractivity contribution in [3.05, 3.63) is 84.3 Å². The number of hydrogen-bond acceptors (Lipinski definition) is 5. The van der Waals surface area contributed by atoms with Gasteiger partial charge < -0.3 is 24.5 Å². The van der Waals surface area contributed by atoms with Gasteiger partial charge in [0, 0.05) is 5.69 Å². The van der Waals surface area contributed by atoms with E-state index in [4.69, 9.17) is 13.9 Å². The molecule has 0 unspecified atom stereocenters. The SMILES string of the molecule is COc1ccc(NC(=O)c2ccco2)cc1NC(=O)c1cc2ccccc2cc1OC. The van der Waals surface area contributed by atoms with Crippen LogP contribution >= 0.6 is 0 Å². The Hall–Kier alpha value is -4.26. The van der Waals surface area contributed by atoms with Crippen LogP contribution in [0.15, 0.2) is 77.4 Å². The summed E-state index contributed by atoms with van der Waals surface area (Å²) >= 11 is 0. The van der Waals surface area contributed by atoms with Gasteiger partial charge in [0.2, 0.25) is 0 Å². The molecule has 0 aliphatic heterocycles. The van der Waals surface area contributed by atoms with Crippen molar-refractivity contribution >= 4 is 34.0 Å². The van der Waals surface area contributed by atoms with E-state index in [1.165, 1.54) is 20.5 Å². The average Bonchev–Trinajstić information content (AvgIpc) is 3.33. The topological polar surface area (TPSA) is 89.8 Å². The Morgan fingerprint density at radius 2 is 1.52 bits per heavy atom. The molecular weight excluding hydrogens is 396 g/mol. The number of hydrogen-bond donors (Lipinski definition) is 2. The Labute approximate surface area is 178 Å². The Kier molecular flexibility index (Phi) is 5.57. The minimum atomic E-state index is -0.399. The second-order valence-corrected chi connectivity index (χ2v) is 6.70. The van der Waals surface area contributed by atoms with Gasteiger partial charge in [0.1, 0.15) is 11.5 Å². The molecule has 4 aromatic rings. The molecule has 7 nitrogen and oxygen atoms in total. The maximum absolute atomic E-state index is 13.1. The molecule has 0 aliphatic carbocycles. The van der Waals surface area contributed by atoms with Crippen LogP contribution in [0.3, 0.4) is 0 Å². The van der Waals surface area contributed by atoms with Crippen LogP contribution in [-0.4, -0.2) is 26.0 Å². The fraction of sp³-hybridized carbons (Fsp3) is 0.0833. The van der Waals surface area contributed by atoms with E-state index in [2.05, 4.69) is 10.6 Å². The van der Waals surface area contributed by atoms with Crippen molar-refractivity contribution in [2.75, 3.05) is 24.9 Å².